The van der Waals surface area contributed by atoms with Crippen LogP contribution in [0.2, 0.25) is 5.15 Å². The van der Waals surface area contributed by atoms with Crippen LogP contribution in [0, 0.1) is 12.8 Å². The van der Waals surface area contributed by atoms with Gasteiger partial charge in [0.25, 0.3) is 0 Å². The van der Waals surface area contributed by atoms with Crippen LogP contribution in [-0.4, -0.2) is 34.8 Å². The smallest absolute Gasteiger partial charge is 0.226 e. The van der Waals surface area contributed by atoms with Crippen molar-refractivity contribution in [2.45, 2.75) is 13.3 Å². The number of hydrogen-bond donors (Lipinski definition) is 1. The lowest BCUT2D eigenvalue weighted by Crippen LogP contribution is -2.22. The van der Waals surface area contributed by atoms with Gasteiger partial charge >= 0.3 is 0 Å². The Morgan fingerprint density at radius 3 is 3.07 bits per heavy atom. The van der Waals surface area contributed by atoms with Crippen LogP contribution in [0.25, 0.3) is 0 Å². The normalized spacial score (nSPS) is 21.0. The summed E-state index contributed by atoms with van der Waals surface area (Å²) in [5.74, 6) is 1.01. The molecule has 0 amide bonds. The van der Waals surface area contributed by atoms with E-state index in [1.54, 1.807) is 6.20 Å². The molecule has 0 spiro atoms. The predicted molar refractivity (Wildman–Crippen MR) is 59.2 cm³/mol. The molecule has 0 aromatic carbocycles. The summed E-state index contributed by atoms with van der Waals surface area (Å²) in [6.07, 6.45) is 2.72. The largest absolute Gasteiger partial charge is 0.396 e. The molecule has 5 heteroatoms. The van der Waals surface area contributed by atoms with Crippen molar-refractivity contribution in [2.24, 2.45) is 5.92 Å². The standard InChI is InChI=1S/C10H14ClN3O/c1-7-4-12-10(13-9(7)11)14-3-2-8(5-14)6-15/h4,8,15H,2-3,5-6H2,1H3. The minimum absolute atomic E-state index is 0.232. The van der Waals surface area contributed by atoms with E-state index in [0.29, 0.717) is 17.0 Å². The molecule has 1 aliphatic rings. The first kappa shape index (κ1) is 10.6. The van der Waals surface area contributed by atoms with E-state index in [9.17, 15) is 0 Å². The zero-order chi connectivity index (χ0) is 10.8. The lowest BCUT2D eigenvalue weighted by Gasteiger charge is -2.16. The maximum Gasteiger partial charge on any atom is 0.226 e. The summed E-state index contributed by atoms with van der Waals surface area (Å²) in [7, 11) is 0. The summed E-state index contributed by atoms with van der Waals surface area (Å²) in [5, 5.41) is 9.54. The van der Waals surface area contributed by atoms with Crippen LogP contribution in [-0.2, 0) is 0 Å². The zero-order valence-corrected chi connectivity index (χ0v) is 9.41. The Kier molecular flexibility index (Phi) is 3.07. The molecule has 1 atom stereocenters. The number of aliphatic hydroxyl groups excluding tert-OH is 1. The third-order valence-electron chi connectivity index (χ3n) is 2.72. The van der Waals surface area contributed by atoms with E-state index < -0.39 is 0 Å². The number of anilines is 1. The number of aryl methyl sites for hydroxylation is 1. The van der Waals surface area contributed by atoms with Gasteiger partial charge in [0.2, 0.25) is 5.95 Å². The van der Waals surface area contributed by atoms with Crippen molar-refractivity contribution >= 4 is 17.5 Å². The summed E-state index contributed by atoms with van der Waals surface area (Å²) >= 11 is 5.94. The SMILES string of the molecule is Cc1cnc(N2CCC(CO)C2)nc1Cl. The molecule has 1 saturated heterocycles. The fraction of sp³-hybridized carbons (Fsp3) is 0.600. The Morgan fingerprint density at radius 1 is 1.67 bits per heavy atom. The van der Waals surface area contributed by atoms with E-state index in [2.05, 4.69) is 14.9 Å². The highest BCUT2D eigenvalue weighted by molar-refractivity contribution is 6.30. The van der Waals surface area contributed by atoms with Crippen molar-refractivity contribution < 1.29 is 5.11 Å². The molecule has 1 aromatic rings. The van der Waals surface area contributed by atoms with Crippen LogP contribution in [0.5, 0.6) is 0 Å². The van der Waals surface area contributed by atoms with Gasteiger partial charge in [-0.2, -0.15) is 0 Å². The summed E-state index contributed by atoms with van der Waals surface area (Å²) in [6, 6.07) is 0. The summed E-state index contributed by atoms with van der Waals surface area (Å²) in [6.45, 7) is 3.82. The van der Waals surface area contributed by atoms with Crippen molar-refractivity contribution in [2.75, 3.05) is 24.6 Å². The van der Waals surface area contributed by atoms with E-state index in [4.69, 9.17) is 16.7 Å². The molecule has 4 nitrogen and oxygen atoms in total. The number of aliphatic hydroxyl groups is 1. The Balaban J connectivity index is 2.13. The maximum absolute atomic E-state index is 9.04. The second-order valence-corrected chi connectivity index (χ2v) is 4.29. The van der Waals surface area contributed by atoms with Crippen molar-refractivity contribution in [3.05, 3.63) is 16.9 Å². The molecule has 2 heterocycles. The Labute approximate surface area is 93.9 Å². The zero-order valence-electron chi connectivity index (χ0n) is 8.65. The van der Waals surface area contributed by atoms with Gasteiger partial charge in [0.05, 0.1) is 0 Å². The lowest BCUT2D eigenvalue weighted by atomic mass is 10.1. The molecule has 1 aromatic heterocycles. The summed E-state index contributed by atoms with van der Waals surface area (Å²) < 4.78 is 0. The van der Waals surface area contributed by atoms with Gasteiger partial charge in [-0.1, -0.05) is 11.6 Å². The average Bonchev–Trinajstić information content (AvgIpc) is 2.70. The Hall–Kier alpha value is -0.870. The van der Waals surface area contributed by atoms with E-state index >= 15 is 0 Å². The maximum atomic E-state index is 9.04. The van der Waals surface area contributed by atoms with Gasteiger partial charge in [-0.05, 0) is 13.3 Å². The van der Waals surface area contributed by atoms with Gasteiger partial charge < -0.3 is 10.0 Å². The molecule has 0 radical (unpaired) electrons. The molecule has 1 unspecified atom stereocenters. The molecular weight excluding hydrogens is 214 g/mol. The number of halogens is 1. The van der Waals surface area contributed by atoms with Crippen molar-refractivity contribution in [3.63, 3.8) is 0 Å². The van der Waals surface area contributed by atoms with Crippen LogP contribution >= 0.6 is 11.6 Å². The highest BCUT2D eigenvalue weighted by atomic mass is 35.5. The van der Waals surface area contributed by atoms with Crippen LogP contribution < -0.4 is 4.90 Å². The van der Waals surface area contributed by atoms with Gasteiger partial charge in [0.15, 0.2) is 0 Å². The van der Waals surface area contributed by atoms with Crippen LogP contribution in [0.1, 0.15) is 12.0 Å². The highest BCUT2D eigenvalue weighted by Gasteiger charge is 2.23. The second kappa shape index (κ2) is 4.33. The van der Waals surface area contributed by atoms with Crippen molar-refractivity contribution in [3.8, 4) is 0 Å². The van der Waals surface area contributed by atoms with Crippen molar-refractivity contribution in [1.29, 1.82) is 0 Å². The van der Waals surface area contributed by atoms with Gasteiger partial charge in [0, 0.05) is 37.4 Å². The molecule has 1 N–H and O–H groups in total. The molecular formula is C10H14ClN3O. The lowest BCUT2D eigenvalue weighted by molar-refractivity contribution is 0.238. The monoisotopic (exact) mass is 227 g/mol. The molecule has 1 fully saturated rings. The van der Waals surface area contributed by atoms with Gasteiger partial charge in [-0.25, -0.2) is 9.97 Å². The minimum Gasteiger partial charge on any atom is -0.396 e. The topological polar surface area (TPSA) is 49.2 Å². The first-order valence-corrected chi connectivity index (χ1v) is 5.43. The fourth-order valence-corrected chi connectivity index (χ4v) is 1.85. The molecule has 15 heavy (non-hydrogen) atoms. The van der Waals surface area contributed by atoms with E-state index in [0.717, 1.165) is 25.1 Å². The quantitative estimate of drug-likeness (QED) is 0.773. The third kappa shape index (κ3) is 2.21. The minimum atomic E-state index is 0.232. The van der Waals surface area contributed by atoms with Gasteiger partial charge in [0.1, 0.15) is 5.15 Å². The molecule has 1 aliphatic heterocycles. The number of aromatic nitrogens is 2. The van der Waals surface area contributed by atoms with E-state index in [1.807, 2.05) is 6.92 Å². The first-order chi connectivity index (χ1) is 7.20. The van der Waals surface area contributed by atoms with Gasteiger partial charge in [-0.15, -0.1) is 0 Å². The summed E-state index contributed by atoms with van der Waals surface area (Å²) in [5.41, 5.74) is 0.887. The molecule has 2 rings (SSSR count). The average molecular weight is 228 g/mol. The third-order valence-corrected chi connectivity index (χ3v) is 3.11. The van der Waals surface area contributed by atoms with Crippen LogP contribution in [0.15, 0.2) is 6.20 Å². The second-order valence-electron chi connectivity index (χ2n) is 3.93. The number of nitrogens with zero attached hydrogens (tertiary/aromatic N) is 3. The van der Waals surface area contributed by atoms with Crippen molar-refractivity contribution in [1.82, 2.24) is 9.97 Å². The Bertz CT molecular complexity index is 359. The Morgan fingerprint density at radius 2 is 2.47 bits per heavy atom. The van der Waals surface area contributed by atoms with Gasteiger partial charge in [-0.3, -0.25) is 0 Å². The predicted octanol–water partition coefficient (Wildman–Crippen LogP) is 1.26. The van der Waals surface area contributed by atoms with Crippen LogP contribution in [0.3, 0.4) is 0 Å². The molecule has 0 bridgehead atoms. The first-order valence-electron chi connectivity index (χ1n) is 5.05. The number of rotatable bonds is 2. The molecule has 82 valence electrons. The summed E-state index contributed by atoms with van der Waals surface area (Å²) in [4.78, 5) is 10.5. The number of hydrogen-bond acceptors (Lipinski definition) is 4. The van der Waals surface area contributed by atoms with Crippen LogP contribution in [0.4, 0.5) is 5.95 Å². The fourth-order valence-electron chi connectivity index (χ4n) is 1.73. The van der Waals surface area contributed by atoms with E-state index in [1.165, 1.54) is 0 Å². The molecule has 0 aliphatic carbocycles. The molecule has 0 saturated carbocycles. The van der Waals surface area contributed by atoms with E-state index in [-0.39, 0.29) is 6.61 Å². The highest BCUT2D eigenvalue weighted by Crippen LogP contribution is 2.22.